The van der Waals surface area contributed by atoms with Crippen molar-refractivity contribution in [2.45, 2.75) is 30.1 Å². The number of benzene rings is 2. The van der Waals surface area contributed by atoms with E-state index >= 15 is 0 Å². The number of carbonyl (C=O) groups excluding carboxylic acids is 1. The molecule has 0 N–H and O–H groups in total. The average molecular weight is 425 g/mol. The van der Waals surface area contributed by atoms with Crippen molar-refractivity contribution in [3.63, 3.8) is 0 Å². The van der Waals surface area contributed by atoms with Crippen molar-refractivity contribution in [1.29, 1.82) is 0 Å². The Morgan fingerprint density at radius 2 is 1.90 bits per heavy atom. The minimum atomic E-state index is -0.175. The van der Waals surface area contributed by atoms with Crippen LogP contribution in [0.3, 0.4) is 0 Å². The molecule has 0 spiro atoms. The molecular weight excluding hydrogens is 400 g/mol. The van der Waals surface area contributed by atoms with E-state index in [4.69, 9.17) is 13.9 Å². The topological polar surface area (TPSA) is 64.8 Å². The molecule has 1 unspecified atom stereocenters. The molecule has 30 heavy (non-hydrogen) atoms. The number of amides is 1. The predicted octanol–water partition coefficient (Wildman–Crippen LogP) is 4.35. The van der Waals surface area contributed by atoms with E-state index < -0.39 is 0 Å². The summed E-state index contributed by atoms with van der Waals surface area (Å²) in [5.74, 6) is 0.943. The SMILES string of the molecule is O=C(c1ccccc1CSc1nc2ccccc2o1)N1CCCC(C2OCCO2)C1. The quantitative estimate of drug-likeness (QED) is 0.568. The van der Waals surface area contributed by atoms with Crippen LogP contribution >= 0.6 is 11.8 Å². The number of hydrogen-bond donors (Lipinski definition) is 0. The zero-order valence-electron chi connectivity index (χ0n) is 16.7. The Balaban J connectivity index is 1.29. The van der Waals surface area contributed by atoms with Crippen LogP contribution < -0.4 is 0 Å². The highest BCUT2D eigenvalue weighted by molar-refractivity contribution is 7.98. The van der Waals surface area contributed by atoms with Crippen LogP contribution in [0.1, 0.15) is 28.8 Å². The first kappa shape index (κ1) is 19.6. The van der Waals surface area contributed by atoms with E-state index in [1.165, 1.54) is 11.8 Å². The van der Waals surface area contributed by atoms with Gasteiger partial charge in [-0.15, -0.1) is 0 Å². The van der Waals surface area contributed by atoms with Crippen molar-refractivity contribution >= 4 is 28.8 Å². The van der Waals surface area contributed by atoms with Gasteiger partial charge in [0.2, 0.25) is 0 Å². The van der Waals surface area contributed by atoms with Gasteiger partial charge in [0, 0.05) is 30.3 Å². The minimum Gasteiger partial charge on any atom is -0.431 e. The van der Waals surface area contributed by atoms with E-state index in [-0.39, 0.29) is 18.1 Å². The molecule has 0 aliphatic carbocycles. The molecule has 1 amide bonds. The van der Waals surface area contributed by atoms with Gasteiger partial charge in [0.15, 0.2) is 11.9 Å². The number of rotatable bonds is 5. The third-order valence-corrected chi connectivity index (χ3v) is 6.53. The minimum absolute atomic E-state index is 0.0754. The van der Waals surface area contributed by atoms with Crippen molar-refractivity contribution in [3.8, 4) is 0 Å². The lowest BCUT2D eigenvalue weighted by Crippen LogP contribution is -2.44. The van der Waals surface area contributed by atoms with Crippen molar-refractivity contribution in [2.75, 3.05) is 26.3 Å². The lowest BCUT2D eigenvalue weighted by molar-refractivity contribution is -0.0969. The number of hydrogen-bond acceptors (Lipinski definition) is 6. The van der Waals surface area contributed by atoms with Gasteiger partial charge < -0.3 is 18.8 Å². The second kappa shape index (κ2) is 8.79. The summed E-state index contributed by atoms with van der Waals surface area (Å²) in [7, 11) is 0. The largest absolute Gasteiger partial charge is 0.431 e. The fourth-order valence-corrected chi connectivity index (χ4v) is 4.99. The molecule has 2 aliphatic rings. The van der Waals surface area contributed by atoms with Crippen molar-refractivity contribution < 1.29 is 18.7 Å². The lowest BCUT2D eigenvalue weighted by atomic mass is 9.96. The first-order chi connectivity index (χ1) is 14.8. The summed E-state index contributed by atoms with van der Waals surface area (Å²) in [6.07, 6.45) is 1.83. The number of aromatic nitrogens is 1. The molecule has 1 atom stereocenters. The molecule has 2 saturated heterocycles. The average Bonchev–Trinajstić information content (AvgIpc) is 3.47. The molecule has 3 aromatic rings. The Hall–Kier alpha value is -2.35. The van der Waals surface area contributed by atoms with Crippen LogP contribution in [0.25, 0.3) is 11.1 Å². The van der Waals surface area contributed by atoms with Crippen molar-refractivity contribution in [1.82, 2.24) is 9.88 Å². The molecule has 1 aromatic heterocycles. The van der Waals surface area contributed by atoms with Crippen molar-refractivity contribution in [3.05, 3.63) is 59.7 Å². The van der Waals surface area contributed by atoms with Crippen LogP contribution in [0.15, 0.2) is 58.2 Å². The van der Waals surface area contributed by atoms with Crippen LogP contribution in [0.2, 0.25) is 0 Å². The molecule has 2 aliphatic heterocycles. The Morgan fingerprint density at radius 3 is 2.77 bits per heavy atom. The molecule has 6 nitrogen and oxygen atoms in total. The monoisotopic (exact) mass is 424 g/mol. The maximum Gasteiger partial charge on any atom is 0.257 e. The molecule has 3 heterocycles. The fraction of sp³-hybridized carbons (Fsp3) is 0.391. The Morgan fingerprint density at radius 1 is 1.10 bits per heavy atom. The van der Waals surface area contributed by atoms with E-state index in [1.54, 1.807) is 0 Å². The molecule has 0 radical (unpaired) electrons. The molecule has 0 saturated carbocycles. The summed E-state index contributed by atoms with van der Waals surface area (Å²) in [6.45, 7) is 2.74. The van der Waals surface area contributed by atoms with Gasteiger partial charge in [0.25, 0.3) is 11.1 Å². The Labute approximate surface area is 179 Å². The lowest BCUT2D eigenvalue weighted by Gasteiger charge is -2.35. The van der Waals surface area contributed by atoms with Gasteiger partial charge in [-0.3, -0.25) is 4.79 Å². The number of thioether (sulfide) groups is 1. The van der Waals surface area contributed by atoms with E-state index in [2.05, 4.69) is 4.98 Å². The van der Waals surface area contributed by atoms with E-state index in [0.29, 0.717) is 30.7 Å². The zero-order chi connectivity index (χ0) is 20.3. The molecule has 7 heteroatoms. The summed E-state index contributed by atoms with van der Waals surface area (Å²) < 4.78 is 17.2. The standard InChI is InChI=1S/C23H24N2O4S/c26-21(25-11-5-7-16(14-25)22-27-12-13-28-22)18-8-2-1-6-17(18)15-30-23-24-19-9-3-4-10-20(19)29-23/h1-4,6,8-10,16,22H,5,7,11-15H2. The van der Waals surface area contributed by atoms with E-state index in [9.17, 15) is 4.79 Å². The summed E-state index contributed by atoms with van der Waals surface area (Å²) >= 11 is 1.51. The summed E-state index contributed by atoms with van der Waals surface area (Å²) in [5, 5.41) is 0.618. The van der Waals surface area contributed by atoms with Crippen LogP contribution in [0, 0.1) is 5.92 Å². The number of likely N-dealkylation sites (tertiary alicyclic amines) is 1. The molecule has 5 rings (SSSR count). The van der Waals surface area contributed by atoms with Crippen LogP contribution in [-0.2, 0) is 15.2 Å². The third kappa shape index (κ3) is 4.10. The molecule has 156 valence electrons. The van der Waals surface area contributed by atoms with Gasteiger partial charge in [0.05, 0.1) is 13.2 Å². The number of ether oxygens (including phenoxy) is 2. The van der Waals surface area contributed by atoms with Crippen molar-refractivity contribution in [2.24, 2.45) is 5.92 Å². The third-order valence-electron chi connectivity index (χ3n) is 5.65. The highest BCUT2D eigenvalue weighted by Crippen LogP contribution is 2.29. The molecule has 0 bridgehead atoms. The predicted molar refractivity (Wildman–Crippen MR) is 114 cm³/mol. The molecule has 2 aromatic carbocycles. The van der Waals surface area contributed by atoms with Gasteiger partial charge in [-0.2, -0.15) is 0 Å². The first-order valence-electron chi connectivity index (χ1n) is 10.4. The summed E-state index contributed by atoms with van der Waals surface area (Å²) in [6, 6.07) is 15.5. The van der Waals surface area contributed by atoms with Gasteiger partial charge >= 0.3 is 0 Å². The zero-order valence-corrected chi connectivity index (χ0v) is 17.5. The van der Waals surface area contributed by atoms with Gasteiger partial charge in [0.1, 0.15) is 5.52 Å². The smallest absolute Gasteiger partial charge is 0.257 e. The van der Waals surface area contributed by atoms with Crippen LogP contribution in [-0.4, -0.2) is 48.4 Å². The second-order valence-electron chi connectivity index (χ2n) is 7.66. The van der Waals surface area contributed by atoms with Crippen LogP contribution in [0.5, 0.6) is 0 Å². The normalized spacial score (nSPS) is 20.1. The maximum atomic E-state index is 13.3. The fourth-order valence-electron chi connectivity index (χ4n) is 4.14. The number of carbonyl (C=O) groups is 1. The van der Waals surface area contributed by atoms with Crippen LogP contribution in [0.4, 0.5) is 0 Å². The maximum absolute atomic E-state index is 13.3. The molecule has 2 fully saturated rings. The summed E-state index contributed by atoms with van der Waals surface area (Å²) in [5.41, 5.74) is 3.36. The second-order valence-corrected chi connectivity index (χ2v) is 8.58. The number of piperidine rings is 1. The number of oxazole rings is 1. The highest BCUT2D eigenvalue weighted by Gasteiger charge is 2.33. The van der Waals surface area contributed by atoms with Gasteiger partial charge in [-0.25, -0.2) is 4.98 Å². The van der Waals surface area contributed by atoms with Gasteiger partial charge in [-0.05, 0) is 36.6 Å². The summed E-state index contributed by atoms with van der Waals surface area (Å²) in [4.78, 5) is 19.8. The number of fused-ring (bicyclic) bond motifs is 1. The molecular formula is C23H24N2O4S. The number of para-hydroxylation sites is 2. The number of nitrogens with zero attached hydrogens (tertiary/aromatic N) is 2. The Kier molecular flexibility index (Phi) is 5.75. The van der Waals surface area contributed by atoms with E-state index in [1.807, 2.05) is 53.4 Å². The van der Waals surface area contributed by atoms with Gasteiger partial charge in [-0.1, -0.05) is 42.1 Å². The highest BCUT2D eigenvalue weighted by atomic mass is 32.2. The first-order valence-corrected chi connectivity index (χ1v) is 11.4. The van der Waals surface area contributed by atoms with E-state index in [0.717, 1.165) is 41.6 Å². The Bertz CT molecular complexity index is 998.